The van der Waals surface area contributed by atoms with Gasteiger partial charge in [0.15, 0.2) is 12.8 Å². The molecule has 120 valence electrons. The smallest absolute Gasteiger partial charge is 0.335 e. The first-order valence-corrected chi connectivity index (χ1v) is 6.76. The summed E-state index contributed by atoms with van der Waals surface area (Å²) in [5, 5.41) is 9.07. The molecule has 1 aliphatic heterocycles. The lowest BCUT2D eigenvalue weighted by molar-refractivity contribution is -0.139. The summed E-state index contributed by atoms with van der Waals surface area (Å²) in [6.45, 7) is 3.85. The van der Waals surface area contributed by atoms with Crippen LogP contribution in [0, 0.1) is 0 Å². The number of carbonyl (C=O) groups is 1. The Hall–Kier alpha value is -1.98. The number of alkyl halides is 3. The maximum atomic E-state index is 13.7. The lowest BCUT2D eigenvalue weighted by Crippen LogP contribution is -2.44. The Kier molecular flexibility index (Phi) is 3.98. The Morgan fingerprint density at radius 2 is 1.95 bits per heavy atom. The predicted molar refractivity (Wildman–Crippen MR) is 76.1 cm³/mol. The molecular formula is C16H17F3O3. The first-order valence-electron chi connectivity index (χ1n) is 6.76. The first kappa shape index (κ1) is 16.4. The van der Waals surface area contributed by atoms with E-state index in [4.69, 9.17) is 9.84 Å². The second-order valence-electron chi connectivity index (χ2n) is 6.30. The van der Waals surface area contributed by atoms with Crippen molar-refractivity contribution >= 4 is 12.0 Å². The van der Waals surface area contributed by atoms with Crippen LogP contribution in [0.4, 0.5) is 13.2 Å². The molecule has 0 aromatic heterocycles. The van der Waals surface area contributed by atoms with E-state index in [2.05, 4.69) is 0 Å². The second-order valence-corrected chi connectivity index (χ2v) is 6.30. The molecule has 1 atom stereocenters. The molecule has 0 bridgehead atoms. The number of hydrogen-bond donors (Lipinski definition) is 1. The Morgan fingerprint density at radius 3 is 2.45 bits per heavy atom. The highest BCUT2D eigenvalue weighted by atomic mass is 19.3. The molecule has 0 aliphatic carbocycles. The second kappa shape index (κ2) is 5.34. The number of benzene rings is 1. The van der Waals surface area contributed by atoms with E-state index in [1.54, 1.807) is 18.2 Å². The van der Waals surface area contributed by atoms with Gasteiger partial charge in [-0.25, -0.2) is 9.18 Å². The number of carboxylic acids is 1. The third kappa shape index (κ3) is 2.96. The van der Waals surface area contributed by atoms with Gasteiger partial charge in [-0.2, -0.15) is 8.78 Å². The number of rotatable bonds is 3. The Bertz CT molecular complexity index is 630. The summed E-state index contributed by atoms with van der Waals surface area (Å²) < 4.78 is 45.1. The number of aliphatic carboxylic acids is 1. The molecule has 3 nitrogen and oxygen atoms in total. The largest absolute Gasteiger partial charge is 0.478 e. The highest BCUT2D eigenvalue weighted by Crippen LogP contribution is 2.38. The van der Waals surface area contributed by atoms with Gasteiger partial charge >= 0.3 is 11.9 Å². The van der Waals surface area contributed by atoms with Gasteiger partial charge in [0.25, 0.3) is 0 Å². The van der Waals surface area contributed by atoms with Crippen molar-refractivity contribution in [3.05, 3.63) is 34.9 Å². The van der Waals surface area contributed by atoms with Gasteiger partial charge in [0.2, 0.25) is 0 Å². The molecular weight excluding hydrogens is 297 g/mol. The quantitative estimate of drug-likeness (QED) is 0.922. The number of halogens is 3. The molecule has 0 fully saturated rings. The zero-order valence-electron chi connectivity index (χ0n) is 12.5. The van der Waals surface area contributed by atoms with E-state index in [9.17, 15) is 18.0 Å². The lowest BCUT2D eigenvalue weighted by Gasteiger charge is -2.31. The minimum atomic E-state index is -3.90. The standard InChI is InChI=1S/C16H17F3O3/c1-15(2,3)10-5-4-9-6-11(14(20)21)13(16(18,19)8-17)22-12(9)7-10/h4-7,13H,8H2,1-3H3,(H,20,21). The highest BCUT2D eigenvalue weighted by Gasteiger charge is 2.48. The average molecular weight is 314 g/mol. The van der Waals surface area contributed by atoms with Gasteiger partial charge in [-0.1, -0.05) is 32.9 Å². The van der Waals surface area contributed by atoms with Gasteiger partial charge in [0.1, 0.15) is 5.75 Å². The van der Waals surface area contributed by atoms with Crippen LogP contribution in [0.25, 0.3) is 6.08 Å². The molecule has 1 unspecified atom stereocenters. The molecule has 1 aromatic carbocycles. The highest BCUT2D eigenvalue weighted by molar-refractivity contribution is 5.95. The summed E-state index contributed by atoms with van der Waals surface area (Å²) in [4.78, 5) is 11.2. The van der Waals surface area contributed by atoms with Crippen molar-refractivity contribution in [1.82, 2.24) is 0 Å². The zero-order valence-corrected chi connectivity index (χ0v) is 12.5. The molecule has 22 heavy (non-hydrogen) atoms. The van der Waals surface area contributed by atoms with Gasteiger partial charge in [-0.15, -0.1) is 0 Å². The van der Waals surface area contributed by atoms with E-state index in [0.29, 0.717) is 5.56 Å². The van der Waals surface area contributed by atoms with Crippen molar-refractivity contribution in [2.75, 3.05) is 6.67 Å². The maximum absolute atomic E-state index is 13.7. The molecule has 0 saturated heterocycles. The normalized spacial score (nSPS) is 18.3. The molecule has 0 spiro atoms. The van der Waals surface area contributed by atoms with Crippen LogP contribution in [-0.4, -0.2) is 29.8 Å². The molecule has 1 aliphatic rings. The van der Waals surface area contributed by atoms with E-state index in [1.807, 2.05) is 20.8 Å². The van der Waals surface area contributed by atoms with Crippen LogP contribution < -0.4 is 4.74 Å². The minimum absolute atomic E-state index is 0.135. The summed E-state index contributed by atoms with van der Waals surface area (Å²) in [6, 6.07) is 4.99. The molecule has 2 rings (SSSR count). The molecule has 1 N–H and O–H groups in total. The van der Waals surface area contributed by atoms with Crippen molar-refractivity contribution in [3.63, 3.8) is 0 Å². The summed E-state index contributed by atoms with van der Waals surface area (Å²) in [5.41, 5.74) is 0.350. The zero-order chi connectivity index (χ0) is 16.7. The third-order valence-electron chi connectivity index (χ3n) is 3.53. The SMILES string of the molecule is CC(C)(C)c1ccc2c(c1)OC(C(F)(F)CF)C(C(=O)O)=C2. The fourth-order valence-corrected chi connectivity index (χ4v) is 2.21. The molecule has 1 aromatic rings. The van der Waals surface area contributed by atoms with Crippen LogP contribution in [0.15, 0.2) is 23.8 Å². The van der Waals surface area contributed by atoms with Gasteiger partial charge in [-0.05, 0) is 23.1 Å². The van der Waals surface area contributed by atoms with Crippen molar-refractivity contribution in [3.8, 4) is 5.75 Å². The van der Waals surface area contributed by atoms with E-state index in [1.165, 1.54) is 0 Å². The molecule has 0 radical (unpaired) electrons. The number of ether oxygens (including phenoxy) is 1. The molecule has 1 heterocycles. The summed E-state index contributed by atoms with van der Waals surface area (Å²) in [5.74, 6) is -5.32. The van der Waals surface area contributed by atoms with Crippen LogP contribution in [-0.2, 0) is 10.2 Å². The molecule has 0 amide bonds. The van der Waals surface area contributed by atoms with Crippen molar-refractivity contribution in [2.24, 2.45) is 0 Å². The molecule has 6 heteroatoms. The minimum Gasteiger partial charge on any atom is -0.478 e. The van der Waals surface area contributed by atoms with E-state index >= 15 is 0 Å². The van der Waals surface area contributed by atoms with Crippen molar-refractivity contribution < 1.29 is 27.8 Å². The predicted octanol–water partition coefficient (Wildman–Crippen LogP) is 3.82. The Morgan fingerprint density at radius 1 is 1.32 bits per heavy atom. The van der Waals surface area contributed by atoms with Crippen LogP contribution in [0.3, 0.4) is 0 Å². The summed E-state index contributed by atoms with van der Waals surface area (Å²) in [7, 11) is 0. The van der Waals surface area contributed by atoms with Gasteiger partial charge in [0.05, 0.1) is 5.57 Å². The van der Waals surface area contributed by atoms with E-state index < -0.39 is 30.2 Å². The van der Waals surface area contributed by atoms with Crippen molar-refractivity contribution in [1.29, 1.82) is 0 Å². The van der Waals surface area contributed by atoms with Gasteiger partial charge in [-0.3, -0.25) is 0 Å². The number of carboxylic acid groups (broad SMARTS) is 1. The summed E-state index contributed by atoms with van der Waals surface area (Å²) in [6.07, 6.45) is -1.03. The fourth-order valence-electron chi connectivity index (χ4n) is 2.21. The van der Waals surface area contributed by atoms with Crippen LogP contribution >= 0.6 is 0 Å². The Labute approximate surface area is 126 Å². The number of hydrogen-bond acceptors (Lipinski definition) is 2. The van der Waals surface area contributed by atoms with E-state index in [-0.39, 0.29) is 11.2 Å². The Balaban J connectivity index is 2.53. The van der Waals surface area contributed by atoms with E-state index in [0.717, 1.165) is 11.6 Å². The number of fused-ring (bicyclic) bond motifs is 1. The van der Waals surface area contributed by atoms with Crippen LogP contribution in [0.5, 0.6) is 5.75 Å². The topological polar surface area (TPSA) is 46.5 Å². The monoisotopic (exact) mass is 314 g/mol. The summed E-state index contributed by atoms with van der Waals surface area (Å²) >= 11 is 0. The van der Waals surface area contributed by atoms with Gasteiger partial charge in [0, 0.05) is 5.56 Å². The fraction of sp³-hybridized carbons (Fsp3) is 0.438. The lowest BCUT2D eigenvalue weighted by atomic mass is 9.85. The third-order valence-corrected chi connectivity index (χ3v) is 3.53. The molecule has 0 saturated carbocycles. The van der Waals surface area contributed by atoms with Crippen molar-refractivity contribution in [2.45, 2.75) is 38.2 Å². The first-order chi connectivity index (χ1) is 10.1. The average Bonchev–Trinajstić information content (AvgIpc) is 2.44. The maximum Gasteiger partial charge on any atom is 0.335 e. The van der Waals surface area contributed by atoms with Crippen LogP contribution in [0.1, 0.15) is 31.9 Å². The van der Waals surface area contributed by atoms with Crippen LogP contribution in [0.2, 0.25) is 0 Å². The van der Waals surface area contributed by atoms with Gasteiger partial charge < -0.3 is 9.84 Å².